The van der Waals surface area contributed by atoms with E-state index in [1.807, 2.05) is 55.5 Å². The third-order valence-electron chi connectivity index (χ3n) is 6.26. The van der Waals surface area contributed by atoms with Gasteiger partial charge in [0.2, 0.25) is 5.91 Å². The summed E-state index contributed by atoms with van der Waals surface area (Å²) >= 11 is 6.40. The summed E-state index contributed by atoms with van der Waals surface area (Å²) in [6, 6.07) is 24.1. The highest BCUT2D eigenvalue weighted by Crippen LogP contribution is 2.40. The van der Waals surface area contributed by atoms with Gasteiger partial charge in [-0.1, -0.05) is 66.2 Å². The van der Waals surface area contributed by atoms with E-state index < -0.39 is 0 Å². The van der Waals surface area contributed by atoms with Crippen molar-refractivity contribution < 1.29 is 4.79 Å². The average Bonchev–Trinajstić information content (AvgIpc) is 3.24. The Bertz CT molecular complexity index is 1410. The van der Waals surface area contributed by atoms with E-state index >= 15 is 0 Å². The molecule has 1 aromatic heterocycles. The van der Waals surface area contributed by atoms with Gasteiger partial charge in [0.15, 0.2) is 0 Å². The van der Waals surface area contributed by atoms with Gasteiger partial charge in [-0.05, 0) is 48.7 Å². The Kier molecular flexibility index (Phi) is 5.47. The van der Waals surface area contributed by atoms with Crippen LogP contribution in [0.4, 0.5) is 0 Å². The fourth-order valence-electron chi connectivity index (χ4n) is 4.77. The third kappa shape index (κ3) is 3.81. The number of amides is 1. The van der Waals surface area contributed by atoms with Crippen molar-refractivity contribution in [3.8, 4) is 11.1 Å². The van der Waals surface area contributed by atoms with Gasteiger partial charge in [-0.2, -0.15) is 5.10 Å². The van der Waals surface area contributed by atoms with Crippen molar-refractivity contribution in [2.45, 2.75) is 33.2 Å². The molecule has 5 rings (SSSR count). The first-order valence-electron chi connectivity index (χ1n) is 11.0. The minimum absolute atomic E-state index is 0.0750. The van der Waals surface area contributed by atoms with E-state index in [0.717, 1.165) is 50.1 Å². The number of aryl methyl sites for hydroxylation is 2. The summed E-state index contributed by atoms with van der Waals surface area (Å²) in [6.45, 7) is 5.66. The number of hydrazone groups is 1. The fourth-order valence-corrected chi connectivity index (χ4v) is 4.94. The van der Waals surface area contributed by atoms with Crippen LogP contribution in [-0.2, 0) is 4.79 Å². The molecule has 1 unspecified atom stereocenters. The highest BCUT2D eigenvalue weighted by Gasteiger charge is 2.34. The van der Waals surface area contributed by atoms with Crippen molar-refractivity contribution in [2.24, 2.45) is 5.10 Å². The molecule has 4 aromatic rings. The number of benzene rings is 3. The molecule has 1 aliphatic heterocycles. The molecule has 164 valence electrons. The SMILES string of the molecule is CC(=O)N1N=C(c2c(C)nc3ccc(Cl)cc3c2-c2ccccc2)CC1c1ccccc1C. The normalized spacial score (nSPS) is 15.7. The summed E-state index contributed by atoms with van der Waals surface area (Å²) in [7, 11) is 0. The largest absolute Gasteiger partial charge is 0.273 e. The third-order valence-corrected chi connectivity index (χ3v) is 6.49. The average molecular weight is 454 g/mol. The predicted molar refractivity (Wildman–Crippen MR) is 135 cm³/mol. The second-order valence-corrected chi connectivity index (χ2v) is 8.90. The number of carbonyl (C=O) groups excluding carboxylic acids is 1. The van der Waals surface area contributed by atoms with Crippen molar-refractivity contribution in [3.63, 3.8) is 0 Å². The Balaban J connectivity index is 1.75. The summed E-state index contributed by atoms with van der Waals surface area (Å²) in [5, 5.41) is 8.12. The maximum atomic E-state index is 12.6. The molecule has 1 aliphatic rings. The zero-order valence-corrected chi connectivity index (χ0v) is 19.6. The van der Waals surface area contributed by atoms with E-state index in [1.54, 1.807) is 11.9 Å². The Labute approximate surface area is 198 Å². The van der Waals surface area contributed by atoms with Gasteiger partial charge in [-0.25, -0.2) is 5.01 Å². The molecule has 0 radical (unpaired) electrons. The standard InChI is InChI=1S/C28H24ClN3O/c1-17-9-7-8-12-22(17)26-16-25(31-32(26)19(3)33)27-18(2)30-24-14-13-21(29)15-23(24)28(27)20-10-5-4-6-11-20/h4-15,26H,16H2,1-3H3. The predicted octanol–water partition coefficient (Wildman–Crippen LogP) is 6.87. The highest BCUT2D eigenvalue weighted by atomic mass is 35.5. The molecule has 2 heterocycles. The van der Waals surface area contributed by atoms with Crippen LogP contribution in [0, 0.1) is 13.8 Å². The molecular weight excluding hydrogens is 430 g/mol. The first-order valence-corrected chi connectivity index (χ1v) is 11.4. The molecule has 1 amide bonds. The second kappa shape index (κ2) is 8.45. The minimum atomic E-state index is -0.142. The fraction of sp³-hybridized carbons (Fsp3) is 0.179. The number of nitrogens with zero attached hydrogens (tertiary/aromatic N) is 3. The van der Waals surface area contributed by atoms with E-state index in [9.17, 15) is 4.79 Å². The van der Waals surface area contributed by atoms with E-state index in [-0.39, 0.29) is 11.9 Å². The van der Waals surface area contributed by atoms with E-state index in [2.05, 4.69) is 31.2 Å². The number of hydrogen-bond donors (Lipinski definition) is 0. The van der Waals surface area contributed by atoms with Gasteiger partial charge < -0.3 is 0 Å². The summed E-state index contributed by atoms with van der Waals surface area (Å²) in [5.74, 6) is -0.0750. The number of carbonyl (C=O) groups is 1. The zero-order chi connectivity index (χ0) is 23.1. The van der Waals surface area contributed by atoms with Crippen LogP contribution in [0.1, 0.15) is 41.8 Å². The molecule has 3 aromatic carbocycles. The summed E-state index contributed by atoms with van der Waals surface area (Å²) in [5.41, 5.74) is 7.99. The highest BCUT2D eigenvalue weighted by molar-refractivity contribution is 6.31. The monoisotopic (exact) mass is 453 g/mol. The molecule has 0 N–H and O–H groups in total. The summed E-state index contributed by atoms with van der Waals surface area (Å²) in [6.07, 6.45) is 0.624. The van der Waals surface area contributed by atoms with Crippen LogP contribution < -0.4 is 0 Å². The van der Waals surface area contributed by atoms with E-state index in [1.165, 1.54) is 0 Å². The molecule has 0 saturated heterocycles. The Morgan fingerprint density at radius 1 is 0.970 bits per heavy atom. The van der Waals surface area contributed by atoms with Crippen molar-refractivity contribution in [1.29, 1.82) is 0 Å². The number of halogens is 1. The lowest BCUT2D eigenvalue weighted by atomic mass is 9.88. The van der Waals surface area contributed by atoms with E-state index in [0.29, 0.717) is 11.4 Å². The van der Waals surface area contributed by atoms with E-state index in [4.69, 9.17) is 21.7 Å². The van der Waals surface area contributed by atoms with Gasteiger partial charge >= 0.3 is 0 Å². The van der Waals surface area contributed by atoms with Gasteiger partial charge in [0, 0.05) is 40.6 Å². The van der Waals surface area contributed by atoms with Crippen molar-refractivity contribution >= 4 is 34.1 Å². The first kappa shape index (κ1) is 21.4. The number of pyridine rings is 1. The van der Waals surface area contributed by atoms with Crippen LogP contribution in [0.5, 0.6) is 0 Å². The lowest BCUT2D eigenvalue weighted by molar-refractivity contribution is -0.130. The second-order valence-electron chi connectivity index (χ2n) is 8.46. The van der Waals surface area contributed by atoms with Gasteiger partial charge in [-0.15, -0.1) is 0 Å². The molecule has 0 bridgehead atoms. The molecule has 0 spiro atoms. The molecule has 0 saturated carbocycles. The molecular formula is C28H24ClN3O. The van der Waals surface area contributed by atoms with Gasteiger partial charge in [0.25, 0.3) is 0 Å². The maximum absolute atomic E-state index is 12.6. The van der Waals surface area contributed by atoms with Crippen LogP contribution in [-0.4, -0.2) is 21.6 Å². The van der Waals surface area contributed by atoms with Crippen LogP contribution in [0.25, 0.3) is 22.0 Å². The van der Waals surface area contributed by atoms with Crippen LogP contribution >= 0.6 is 11.6 Å². The van der Waals surface area contributed by atoms with Crippen LogP contribution in [0.2, 0.25) is 5.02 Å². The lowest BCUT2D eigenvalue weighted by Gasteiger charge is -2.22. The Hall–Kier alpha value is -3.50. The van der Waals surface area contributed by atoms with Gasteiger partial charge in [0.05, 0.1) is 17.3 Å². The van der Waals surface area contributed by atoms with Crippen LogP contribution in [0.3, 0.4) is 0 Å². The smallest absolute Gasteiger partial charge is 0.240 e. The number of rotatable bonds is 3. The van der Waals surface area contributed by atoms with Crippen molar-refractivity contribution in [1.82, 2.24) is 9.99 Å². The van der Waals surface area contributed by atoms with Crippen LogP contribution in [0.15, 0.2) is 77.9 Å². The minimum Gasteiger partial charge on any atom is -0.273 e. The molecule has 1 atom stereocenters. The molecule has 0 fully saturated rings. The summed E-state index contributed by atoms with van der Waals surface area (Å²) in [4.78, 5) is 17.5. The number of aromatic nitrogens is 1. The summed E-state index contributed by atoms with van der Waals surface area (Å²) < 4.78 is 0. The number of fused-ring (bicyclic) bond motifs is 1. The molecule has 5 heteroatoms. The topological polar surface area (TPSA) is 45.6 Å². The van der Waals surface area contributed by atoms with Crippen molar-refractivity contribution in [3.05, 3.63) is 100 Å². The zero-order valence-electron chi connectivity index (χ0n) is 18.8. The van der Waals surface area contributed by atoms with Gasteiger partial charge in [-0.3, -0.25) is 9.78 Å². The Morgan fingerprint density at radius 2 is 1.70 bits per heavy atom. The first-order chi connectivity index (χ1) is 15.9. The Morgan fingerprint density at radius 3 is 2.42 bits per heavy atom. The molecule has 4 nitrogen and oxygen atoms in total. The number of hydrogen-bond acceptors (Lipinski definition) is 3. The van der Waals surface area contributed by atoms with Gasteiger partial charge in [0.1, 0.15) is 0 Å². The maximum Gasteiger partial charge on any atom is 0.240 e. The molecule has 33 heavy (non-hydrogen) atoms. The van der Waals surface area contributed by atoms with Crippen molar-refractivity contribution in [2.75, 3.05) is 0 Å². The quantitative estimate of drug-likeness (QED) is 0.339. The molecule has 0 aliphatic carbocycles. The lowest BCUT2D eigenvalue weighted by Crippen LogP contribution is -2.24.